The van der Waals surface area contributed by atoms with Gasteiger partial charge in [-0.15, -0.1) is 0 Å². The standard InChI is InChI=1S/C38H51N5O5/c1-3-19-42(20-4-2)38(46)33-24-32(25-34(26-33)43(47)48)37(45)40-35(23-30-11-7-5-8-12-30)36(44)27-39-18-15-29-16-21-41(22-17-29)28-31-13-9-6-10-14-31/h5-14,24-26,29,35-36,39,44H,3-4,15-23,27-28H2,1-2H3,(H,40,45)/t35-,36+/m0/s1. The van der Waals surface area contributed by atoms with Gasteiger partial charge < -0.3 is 20.6 Å². The van der Waals surface area contributed by atoms with E-state index in [9.17, 15) is 24.8 Å². The van der Waals surface area contributed by atoms with Crippen molar-refractivity contribution < 1.29 is 19.6 Å². The van der Waals surface area contributed by atoms with E-state index >= 15 is 0 Å². The molecule has 0 radical (unpaired) electrons. The first-order valence-corrected chi connectivity index (χ1v) is 17.4. The Balaban J connectivity index is 1.37. The lowest BCUT2D eigenvalue weighted by molar-refractivity contribution is -0.384. The van der Waals surface area contributed by atoms with Crippen molar-refractivity contribution in [3.8, 4) is 0 Å². The van der Waals surface area contributed by atoms with Crippen LogP contribution in [-0.4, -0.2) is 83.1 Å². The Labute approximate surface area is 284 Å². The number of amides is 2. The zero-order chi connectivity index (χ0) is 34.3. The Hall–Kier alpha value is -4.12. The smallest absolute Gasteiger partial charge is 0.271 e. The fraction of sp³-hybridized carbons (Fsp3) is 0.474. The Morgan fingerprint density at radius 3 is 2.15 bits per heavy atom. The van der Waals surface area contributed by atoms with E-state index in [4.69, 9.17) is 0 Å². The quantitative estimate of drug-likeness (QED) is 0.0943. The Morgan fingerprint density at radius 1 is 0.938 bits per heavy atom. The van der Waals surface area contributed by atoms with Crippen LogP contribution in [0.25, 0.3) is 0 Å². The van der Waals surface area contributed by atoms with Gasteiger partial charge in [0.2, 0.25) is 0 Å². The maximum absolute atomic E-state index is 13.6. The minimum atomic E-state index is -0.911. The average Bonchev–Trinajstić information content (AvgIpc) is 3.10. The lowest BCUT2D eigenvalue weighted by Gasteiger charge is -2.32. The van der Waals surface area contributed by atoms with E-state index in [-0.39, 0.29) is 29.3 Å². The zero-order valence-corrected chi connectivity index (χ0v) is 28.4. The fourth-order valence-electron chi connectivity index (χ4n) is 6.38. The van der Waals surface area contributed by atoms with Crippen LogP contribution in [-0.2, 0) is 13.0 Å². The zero-order valence-electron chi connectivity index (χ0n) is 28.4. The number of nitrogens with one attached hydrogen (secondary N) is 2. The van der Waals surface area contributed by atoms with E-state index in [0.29, 0.717) is 25.4 Å². The summed E-state index contributed by atoms with van der Waals surface area (Å²) >= 11 is 0. The molecule has 0 unspecified atom stereocenters. The third kappa shape index (κ3) is 11.2. The number of aliphatic hydroxyl groups excluding tert-OH is 1. The number of nitro benzene ring substituents is 1. The second-order valence-corrected chi connectivity index (χ2v) is 12.9. The number of rotatable bonds is 18. The van der Waals surface area contributed by atoms with Crippen molar-refractivity contribution in [2.75, 3.05) is 39.3 Å². The molecular weight excluding hydrogens is 606 g/mol. The molecule has 1 fully saturated rings. The van der Waals surface area contributed by atoms with Gasteiger partial charge in [-0.2, -0.15) is 0 Å². The number of aliphatic hydroxyl groups is 1. The topological polar surface area (TPSA) is 128 Å². The van der Waals surface area contributed by atoms with Crippen LogP contribution in [0.2, 0.25) is 0 Å². The average molecular weight is 658 g/mol. The molecule has 3 aromatic rings. The molecule has 0 bridgehead atoms. The van der Waals surface area contributed by atoms with Gasteiger partial charge in [0.15, 0.2) is 0 Å². The molecule has 3 aromatic carbocycles. The van der Waals surface area contributed by atoms with Crippen LogP contribution in [0.5, 0.6) is 0 Å². The summed E-state index contributed by atoms with van der Waals surface area (Å²) in [4.78, 5) is 42.3. The molecule has 10 heteroatoms. The highest BCUT2D eigenvalue weighted by atomic mass is 16.6. The van der Waals surface area contributed by atoms with Gasteiger partial charge in [-0.05, 0) is 81.3 Å². The second-order valence-electron chi connectivity index (χ2n) is 12.9. The van der Waals surface area contributed by atoms with Gasteiger partial charge in [0.1, 0.15) is 0 Å². The first-order chi connectivity index (χ1) is 23.3. The minimum absolute atomic E-state index is 0.0114. The first kappa shape index (κ1) is 36.7. The third-order valence-electron chi connectivity index (χ3n) is 9.03. The molecule has 2 amide bonds. The molecule has 1 saturated heterocycles. The summed E-state index contributed by atoms with van der Waals surface area (Å²) in [5, 5.41) is 29.4. The summed E-state index contributed by atoms with van der Waals surface area (Å²) in [6.07, 6.45) is 4.25. The van der Waals surface area contributed by atoms with Crippen molar-refractivity contribution >= 4 is 17.5 Å². The molecule has 0 saturated carbocycles. The van der Waals surface area contributed by atoms with Gasteiger partial charge in [0, 0.05) is 49.4 Å². The van der Waals surface area contributed by atoms with E-state index in [0.717, 1.165) is 63.8 Å². The predicted octanol–water partition coefficient (Wildman–Crippen LogP) is 5.45. The molecule has 1 heterocycles. The van der Waals surface area contributed by atoms with E-state index in [2.05, 4.69) is 39.8 Å². The van der Waals surface area contributed by atoms with Gasteiger partial charge in [0.25, 0.3) is 17.5 Å². The van der Waals surface area contributed by atoms with Gasteiger partial charge >= 0.3 is 0 Å². The van der Waals surface area contributed by atoms with Crippen molar-refractivity contribution in [1.29, 1.82) is 0 Å². The van der Waals surface area contributed by atoms with Crippen LogP contribution >= 0.6 is 0 Å². The summed E-state index contributed by atoms with van der Waals surface area (Å²) in [5.74, 6) is -0.297. The van der Waals surface area contributed by atoms with E-state index in [1.165, 1.54) is 23.8 Å². The second kappa shape index (κ2) is 19.0. The number of piperidine rings is 1. The molecule has 1 aliphatic rings. The number of carbonyl (C=O) groups excluding carboxylic acids is 2. The van der Waals surface area contributed by atoms with Crippen LogP contribution in [0.1, 0.15) is 77.8 Å². The van der Waals surface area contributed by atoms with E-state index in [1.807, 2.05) is 50.2 Å². The molecule has 4 rings (SSSR count). The number of nitrogens with zero attached hydrogens (tertiary/aromatic N) is 3. The number of non-ortho nitro benzene ring substituents is 1. The Kier molecular flexibility index (Phi) is 14.5. The van der Waals surface area contributed by atoms with Crippen molar-refractivity contribution in [1.82, 2.24) is 20.4 Å². The first-order valence-electron chi connectivity index (χ1n) is 17.4. The minimum Gasteiger partial charge on any atom is -0.390 e. The van der Waals surface area contributed by atoms with Crippen LogP contribution < -0.4 is 10.6 Å². The predicted molar refractivity (Wildman–Crippen MR) is 189 cm³/mol. The summed E-state index contributed by atoms with van der Waals surface area (Å²) in [5.41, 5.74) is 2.07. The molecule has 3 N–H and O–H groups in total. The van der Waals surface area contributed by atoms with Gasteiger partial charge in [0.05, 0.1) is 17.1 Å². The van der Waals surface area contributed by atoms with Crippen molar-refractivity contribution in [2.45, 2.75) is 71.1 Å². The molecule has 48 heavy (non-hydrogen) atoms. The highest BCUT2D eigenvalue weighted by Gasteiger charge is 2.26. The number of hydrogen-bond acceptors (Lipinski definition) is 7. The Morgan fingerprint density at radius 2 is 1.54 bits per heavy atom. The van der Waals surface area contributed by atoms with Gasteiger partial charge in [-0.3, -0.25) is 24.6 Å². The molecule has 0 aliphatic carbocycles. The molecular formula is C38H51N5O5. The third-order valence-corrected chi connectivity index (χ3v) is 9.03. The van der Waals surface area contributed by atoms with Crippen LogP contribution in [0, 0.1) is 16.0 Å². The molecule has 258 valence electrons. The number of hydrogen-bond donors (Lipinski definition) is 3. The van der Waals surface area contributed by atoms with E-state index in [1.54, 1.807) is 4.90 Å². The van der Waals surface area contributed by atoms with Gasteiger partial charge in [-0.25, -0.2) is 0 Å². The highest BCUT2D eigenvalue weighted by molar-refractivity contribution is 6.00. The normalized spacial score (nSPS) is 15.1. The number of benzene rings is 3. The van der Waals surface area contributed by atoms with Crippen molar-refractivity contribution in [2.24, 2.45) is 5.92 Å². The van der Waals surface area contributed by atoms with Crippen LogP contribution in [0.3, 0.4) is 0 Å². The monoisotopic (exact) mass is 657 g/mol. The Bertz CT molecular complexity index is 1440. The largest absolute Gasteiger partial charge is 0.390 e. The maximum atomic E-state index is 13.6. The number of carbonyl (C=O) groups is 2. The maximum Gasteiger partial charge on any atom is 0.271 e. The molecule has 1 aliphatic heterocycles. The SMILES string of the molecule is CCCN(CCC)C(=O)c1cc(C(=O)N[C@@H](Cc2ccccc2)[C@H](O)CNCCC2CCN(Cc3ccccc3)CC2)cc([N+](=O)[O-])c1. The fourth-order valence-corrected chi connectivity index (χ4v) is 6.38. The lowest BCUT2D eigenvalue weighted by atomic mass is 9.93. The summed E-state index contributed by atoms with van der Waals surface area (Å²) in [6, 6.07) is 23.3. The molecule has 0 aromatic heterocycles. The molecule has 0 spiro atoms. The van der Waals surface area contributed by atoms with Crippen molar-refractivity contribution in [3.63, 3.8) is 0 Å². The summed E-state index contributed by atoms with van der Waals surface area (Å²) < 4.78 is 0. The van der Waals surface area contributed by atoms with Crippen molar-refractivity contribution in [3.05, 3.63) is 111 Å². The molecule has 2 atom stereocenters. The number of likely N-dealkylation sites (tertiary alicyclic amines) is 1. The lowest BCUT2D eigenvalue weighted by Crippen LogP contribution is -2.49. The summed E-state index contributed by atoms with van der Waals surface area (Å²) in [6.45, 7) is 9.14. The summed E-state index contributed by atoms with van der Waals surface area (Å²) in [7, 11) is 0. The van der Waals surface area contributed by atoms with E-state index < -0.39 is 23.0 Å². The van der Waals surface area contributed by atoms with Crippen LogP contribution in [0.4, 0.5) is 5.69 Å². The highest BCUT2D eigenvalue weighted by Crippen LogP contribution is 2.22. The number of nitro groups is 1. The van der Waals surface area contributed by atoms with Crippen LogP contribution in [0.15, 0.2) is 78.9 Å². The molecule has 10 nitrogen and oxygen atoms in total. The van der Waals surface area contributed by atoms with Gasteiger partial charge in [-0.1, -0.05) is 74.5 Å².